The highest BCUT2D eigenvalue weighted by atomic mass is 16.2. The van der Waals surface area contributed by atoms with Crippen molar-refractivity contribution in [2.45, 2.75) is 19.4 Å². The standard InChI is InChI=1S/C17H17N3O/c1-12-8-9-13(11-18)10-15(12)20-16(21)17(2,19)14-6-4-3-5-7-14/h3-10H,19H2,1-2H3,(H,20,21). The second-order valence-electron chi connectivity index (χ2n) is 5.16. The first-order chi connectivity index (χ1) is 9.95. The van der Waals surface area contributed by atoms with E-state index < -0.39 is 5.54 Å². The fraction of sp³-hybridized carbons (Fsp3) is 0.176. The van der Waals surface area contributed by atoms with Crippen LogP contribution in [0.1, 0.15) is 23.6 Å². The highest BCUT2D eigenvalue weighted by Gasteiger charge is 2.30. The Morgan fingerprint density at radius 2 is 1.90 bits per heavy atom. The molecule has 0 aromatic heterocycles. The Hall–Kier alpha value is -2.64. The van der Waals surface area contributed by atoms with Crippen LogP contribution in [0.3, 0.4) is 0 Å². The van der Waals surface area contributed by atoms with Crippen LogP contribution in [0.25, 0.3) is 0 Å². The zero-order chi connectivity index (χ0) is 15.5. The Morgan fingerprint density at radius 3 is 2.52 bits per heavy atom. The molecule has 0 saturated carbocycles. The lowest BCUT2D eigenvalue weighted by atomic mass is 9.92. The molecule has 2 rings (SSSR count). The molecule has 3 N–H and O–H groups in total. The number of amides is 1. The van der Waals surface area contributed by atoms with Crippen molar-refractivity contribution in [1.82, 2.24) is 0 Å². The minimum absolute atomic E-state index is 0.313. The van der Waals surface area contributed by atoms with Crippen LogP contribution in [-0.2, 0) is 10.3 Å². The molecule has 2 aromatic carbocycles. The second-order valence-corrected chi connectivity index (χ2v) is 5.16. The average Bonchev–Trinajstić information content (AvgIpc) is 2.50. The van der Waals surface area contributed by atoms with Crippen molar-refractivity contribution in [3.05, 3.63) is 65.2 Å². The number of hydrogen-bond acceptors (Lipinski definition) is 3. The van der Waals surface area contributed by atoms with Gasteiger partial charge in [-0.3, -0.25) is 4.79 Å². The van der Waals surface area contributed by atoms with Crippen LogP contribution in [0.2, 0.25) is 0 Å². The van der Waals surface area contributed by atoms with Gasteiger partial charge in [0, 0.05) is 5.69 Å². The molecule has 0 aliphatic carbocycles. The van der Waals surface area contributed by atoms with Gasteiger partial charge in [0.2, 0.25) is 5.91 Å². The molecule has 21 heavy (non-hydrogen) atoms. The van der Waals surface area contributed by atoms with Crippen LogP contribution in [0, 0.1) is 18.3 Å². The Balaban J connectivity index is 2.28. The monoisotopic (exact) mass is 279 g/mol. The summed E-state index contributed by atoms with van der Waals surface area (Å²) in [5, 5.41) is 11.7. The number of nitriles is 1. The van der Waals surface area contributed by atoms with Gasteiger partial charge in [-0.25, -0.2) is 0 Å². The SMILES string of the molecule is Cc1ccc(C#N)cc1NC(=O)C(C)(N)c1ccccc1. The summed E-state index contributed by atoms with van der Waals surface area (Å²) in [7, 11) is 0. The van der Waals surface area contributed by atoms with Gasteiger partial charge in [0.15, 0.2) is 0 Å². The van der Waals surface area contributed by atoms with Crippen LogP contribution in [0.4, 0.5) is 5.69 Å². The van der Waals surface area contributed by atoms with E-state index in [1.165, 1.54) is 0 Å². The molecule has 1 amide bonds. The maximum absolute atomic E-state index is 12.5. The van der Waals surface area contributed by atoms with E-state index in [4.69, 9.17) is 11.0 Å². The fourth-order valence-electron chi connectivity index (χ4n) is 1.99. The highest BCUT2D eigenvalue weighted by molar-refractivity contribution is 5.99. The van der Waals surface area contributed by atoms with Gasteiger partial charge in [0.1, 0.15) is 5.54 Å². The molecule has 0 heterocycles. The summed E-state index contributed by atoms with van der Waals surface area (Å²) in [6.07, 6.45) is 0. The molecule has 1 atom stereocenters. The maximum Gasteiger partial charge on any atom is 0.248 e. The van der Waals surface area contributed by atoms with Gasteiger partial charge < -0.3 is 11.1 Å². The van der Waals surface area contributed by atoms with Gasteiger partial charge in [-0.15, -0.1) is 0 Å². The summed E-state index contributed by atoms with van der Waals surface area (Å²) in [5.41, 5.74) is 7.74. The normalized spacial score (nSPS) is 13.0. The number of carbonyl (C=O) groups is 1. The van der Waals surface area contributed by atoms with E-state index in [9.17, 15) is 4.79 Å². The van der Waals surface area contributed by atoms with Gasteiger partial charge in [-0.1, -0.05) is 36.4 Å². The molecule has 0 fully saturated rings. The Kier molecular flexibility index (Phi) is 4.06. The van der Waals surface area contributed by atoms with Gasteiger partial charge in [0.25, 0.3) is 0 Å². The molecule has 0 aliphatic rings. The number of carbonyl (C=O) groups excluding carboxylic acids is 1. The largest absolute Gasteiger partial charge is 0.324 e. The first-order valence-corrected chi connectivity index (χ1v) is 6.62. The summed E-state index contributed by atoms with van der Waals surface area (Å²) < 4.78 is 0. The molecule has 0 aliphatic heterocycles. The average molecular weight is 279 g/mol. The quantitative estimate of drug-likeness (QED) is 0.906. The lowest BCUT2D eigenvalue weighted by Gasteiger charge is -2.24. The number of hydrogen-bond donors (Lipinski definition) is 2. The van der Waals surface area contributed by atoms with Crippen molar-refractivity contribution in [2.75, 3.05) is 5.32 Å². The Bertz CT molecular complexity index is 700. The predicted molar refractivity (Wildman–Crippen MR) is 82.5 cm³/mol. The van der Waals surface area contributed by atoms with E-state index in [2.05, 4.69) is 11.4 Å². The summed E-state index contributed by atoms with van der Waals surface area (Å²) in [4.78, 5) is 12.5. The number of rotatable bonds is 3. The third-order valence-electron chi connectivity index (χ3n) is 3.46. The van der Waals surface area contributed by atoms with E-state index in [0.29, 0.717) is 11.3 Å². The van der Waals surface area contributed by atoms with Crippen molar-refractivity contribution < 1.29 is 4.79 Å². The number of nitrogens with two attached hydrogens (primary N) is 1. The van der Waals surface area contributed by atoms with Crippen molar-refractivity contribution in [3.8, 4) is 6.07 Å². The lowest BCUT2D eigenvalue weighted by Crippen LogP contribution is -2.45. The van der Waals surface area contributed by atoms with Crippen LogP contribution in [0.15, 0.2) is 48.5 Å². The van der Waals surface area contributed by atoms with Gasteiger partial charge in [-0.2, -0.15) is 5.26 Å². The number of anilines is 1. The molecule has 106 valence electrons. The van der Waals surface area contributed by atoms with E-state index in [1.807, 2.05) is 37.3 Å². The van der Waals surface area contributed by atoms with E-state index in [0.717, 1.165) is 11.1 Å². The van der Waals surface area contributed by atoms with Crippen molar-refractivity contribution in [1.29, 1.82) is 5.26 Å². The number of aryl methyl sites for hydroxylation is 1. The smallest absolute Gasteiger partial charge is 0.248 e. The highest BCUT2D eigenvalue weighted by Crippen LogP contribution is 2.22. The molecule has 0 spiro atoms. The van der Waals surface area contributed by atoms with Gasteiger partial charge >= 0.3 is 0 Å². The molecule has 0 bridgehead atoms. The van der Waals surface area contributed by atoms with Crippen LogP contribution in [0.5, 0.6) is 0 Å². The third-order valence-corrected chi connectivity index (χ3v) is 3.46. The Labute approximate surface area is 124 Å². The Morgan fingerprint density at radius 1 is 1.24 bits per heavy atom. The van der Waals surface area contributed by atoms with E-state index in [1.54, 1.807) is 25.1 Å². The molecular formula is C17H17N3O. The topological polar surface area (TPSA) is 78.9 Å². The number of benzene rings is 2. The minimum Gasteiger partial charge on any atom is -0.324 e. The molecule has 0 radical (unpaired) electrons. The molecular weight excluding hydrogens is 262 g/mol. The van der Waals surface area contributed by atoms with Crippen molar-refractivity contribution >= 4 is 11.6 Å². The summed E-state index contributed by atoms with van der Waals surface area (Å²) in [6.45, 7) is 3.54. The molecule has 4 nitrogen and oxygen atoms in total. The van der Waals surface area contributed by atoms with Gasteiger partial charge in [-0.05, 0) is 37.1 Å². The number of nitrogens with zero attached hydrogens (tertiary/aromatic N) is 1. The second kappa shape index (κ2) is 5.78. The summed E-state index contributed by atoms with van der Waals surface area (Å²) in [6, 6.07) is 16.4. The number of nitrogens with one attached hydrogen (secondary N) is 1. The van der Waals surface area contributed by atoms with Crippen molar-refractivity contribution in [2.24, 2.45) is 5.73 Å². The first kappa shape index (κ1) is 14.8. The predicted octanol–water partition coefficient (Wildman–Crippen LogP) is 2.68. The van der Waals surface area contributed by atoms with E-state index >= 15 is 0 Å². The summed E-state index contributed by atoms with van der Waals surface area (Å²) >= 11 is 0. The lowest BCUT2D eigenvalue weighted by molar-refractivity contribution is -0.120. The van der Waals surface area contributed by atoms with Crippen LogP contribution >= 0.6 is 0 Å². The van der Waals surface area contributed by atoms with Crippen LogP contribution in [-0.4, -0.2) is 5.91 Å². The first-order valence-electron chi connectivity index (χ1n) is 6.62. The maximum atomic E-state index is 12.5. The summed E-state index contributed by atoms with van der Waals surface area (Å²) in [5.74, 6) is -0.313. The van der Waals surface area contributed by atoms with E-state index in [-0.39, 0.29) is 5.91 Å². The zero-order valence-electron chi connectivity index (χ0n) is 12.1. The molecule has 2 aromatic rings. The minimum atomic E-state index is -1.14. The molecule has 0 saturated heterocycles. The van der Waals surface area contributed by atoms with Crippen LogP contribution < -0.4 is 11.1 Å². The third kappa shape index (κ3) is 3.10. The van der Waals surface area contributed by atoms with Gasteiger partial charge in [0.05, 0.1) is 11.6 Å². The zero-order valence-corrected chi connectivity index (χ0v) is 12.1. The van der Waals surface area contributed by atoms with Crippen molar-refractivity contribution in [3.63, 3.8) is 0 Å². The molecule has 4 heteroatoms. The molecule has 1 unspecified atom stereocenters. The fourth-order valence-corrected chi connectivity index (χ4v) is 1.99.